The molecule has 0 radical (unpaired) electrons. The molecule has 1 aromatic rings. The molecule has 0 spiro atoms. The Bertz CT molecular complexity index is 406. The van der Waals surface area contributed by atoms with Crippen LogP contribution in [0.4, 0.5) is 5.69 Å². The number of hydrogen-bond acceptors (Lipinski definition) is 3. The van der Waals surface area contributed by atoms with E-state index in [1.165, 1.54) is 32.1 Å². The minimum absolute atomic E-state index is 0.645. The van der Waals surface area contributed by atoms with Crippen LogP contribution in [-0.2, 0) is 6.54 Å². The largest absolute Gasteiger partial charge is 0.497 e. The van der Waals surface area contributed by atoms with Crippen molar-refractivity contribution in [2.75, 3.05) is 12.8 Å². The van der Waals surface area contributed by atoms with Crippen molar-refractivity contribution < 1.29 is 4.74 Å². The van der Waals surface area contributed by atoms with Crippen molar-refractivity contribution in [3.63, 3.8) is 0 Å². The molecule has 0 heterocycles. The van der Waals surface area contributed by atoms with Gasteiger partial charge in [-0.05, 0) is 36.8 Å². The normalized spacial score (nSPS) is 23.9. The lowest BCUT2D eigenvalue weighted by Crippen LogP contribution is -2.28. The highest BCUT2D eigenvalue weighted by Crippen LogP contribution is 2.24. The molecule has 3 nitrogen and oxygen atoms in total. The molecule has 1 aliphatic carbocycles. The van der Waals surface area contributed by atoms with Crippen molar-refractivity contribution in [1.82, 2.24) is 5.32 Å². The van der Waals surface area contributed by atoms with Gasteiger partial charge >= 0.3 is 0 Å². The first kappa shape index (κ1) is 14.2. The van der Waals surface area contributed by atoms with Gasteiger partial charge in [0.05, 0.1) is 7.11 Å². The second kappa shape index (κ2) is 6.80. The monoisotopic (exact) mass is 262 g/mol. The molecular formula is C16H26N2O. The van der Waals surface area contributed by atoms with Crippen LogP contribution in [0.25, 0.3) is 0 Å². The molecule has 1 aliphatic rings. The summed E-state index contributed by atoms with van der Waals surface area (Å²) in [7, 11) is 1.67. The molecule has 0 bridgehead atoms. The fourth-order valence-corrected chi connectivity index (χ4v) is 2.81. The maximum absolute atomic E-state index is 6.05. The lowest BCUT2D eigenvalue weighted by Gasteiger charge is -2.17. The molecule has 1 aromatic carbocycles. The molecule has 3 N–H and O–H groups in total. The smallest absolute Gasteiger partial charge is 0.120 e. The Balaban J connectivity index is 1.87. The molecule has 0 saturated heterocycles. The predicted octanol–water partition coefficient (Wildman–Crippen LogP) is 3.34. The van der Waals surface area contributed by atoms with Crippen LogP contribution < -0.4 is 15.8 Å². The van der Waals surface area contributed by atoms with Crippen LogP contribution in [0.1, 0.15) is 44.6 Å². The van der Waals surface area contributed by atoms with Crippen LogP contribution in [-0.4, -0.2) is 13.2 Å². The predicted molar refractivity (Wildman–Crippen MR) is 80.3 cm³/mol. The van der Waals surface area contributed by atoms with E-state index >= 15 is 0 Å². The van der Waals surface area contributed by atoms with Gasteiger partial charge in [-0.2, -0.15) is 0 Å². The molecule has 19 heavy (non-hydrogen) atoms. The maximum atomic E-state index is 6.05. The first-order chi connectivity index (χ1) is 9.19. The molecule has 2 unspecified atom stereocenters. The van der Waals surface area contributed by atoms with E-state index in [0.29, 0.717) is 6.04 Å². The minimum atomic E-state index is 0.645. The maximum Gasteiger partial charge on any atom is 0.120 e. The molecule has 1 saturated carbocycles. The van der Waals surface area contributed by atoms with Crippen LogP contribution in [0, 0.1) is 5.92 Å². The average Bonchev–Trinajstić information content (AvgIpc) is 2.62. The summed E-state index contributed by atoms with van der Waals surface area (Å²) in [5.74, 6) is 1.71. The van der Waals surface area contributed by atoms with Crippen molar-refractivity contribution in [3.05, 3.63) is 23.8 Å². The van der Waals surface area contributed by atoms with Crippen molar-refractivity contribution in [3.8, 4) is 5.75 Å². The van der Waals surface area contributed by atoms with Gasteiger partial charge in [0.1, 0.15) is 5.75 Å². The number of ether oxygens (including phenoxy) is 1. The minimum Gasteiger partial charge on any atom is -0.497 e. The zero-order valence-electron chi connectivity index (χ0n) is 12.1. The number of nitrogens with one attached hydrogen (secondary N) is 1. The fourth-order valence-electron chi connectivity index (χ4n) is 2.81. The number of hydrogen-bond donors (Lipinski definition) is 2. The van der Waals surface area contributed by atoms with Crippen molar-refractivity contribution >= 4 is 5.69 Å². The Morgan fingerprint density at radius 2 is 2.11 bits per heavy atom. The third kappa shape index (κ3) is 4.13. The lowest BCUT2D eigenvalue weighted by atomic mass is 10.0. The fraction of sp³-hybridized carbons (Fsp3) is 0.625. The van der Waals surface area contributed by atoms with E-state index in [4.69, 9.17) is 10.5 Å². The summed E-state index contributed by atoms with van der Waals surface area (Å²) in [6, 6.07) is 6.57. The van der Waals surface area contributed by atoms with Gasteiger partial charge in [-0.15, -0.1) is 0 Å². The van der Waals surface area contributed by atoms with Gasteiger partial charge in [-0.3, -0.25) is 0 Å². The Hall–Kier alpha value is -1.22. The number of methoxy groups -OCH3 is 1. The third-order valence-corrected chi connectivity index (χ3v) is 4.19. The van der Waals surface area contributed by atoms with Gasteiger partial charge in [-0.25, -0.2) is 0 Å². The van der Waals surface area contributed by atoms with Gasteiger partial charge in [0, 0.05) is 24.3 Å². The van der Waals surface area contributed by atoms with Gasteiger partial charge in [0.25, 0.3) is 0 Å². The van der Waals surface area contributed by atoms with Crippen LogP contribution >= 0.6 is 0 Å². The van der Waals surface area contributed by atoms with Crippen molar-refractivity contribution in [1.29, 1.82) is 0 Å². The van der Waals surface area contributed by atoms with E-state index in [2.05, 4.69) is 18.3 Å². The summed E-state index contributed by atoms with van der Waals surface area (Å²) in [4.78, 5) is 0. The molecule has 2 rings (SSSR count). The first-order valence-corrected chi connectivity index (χ1v) is 7.35. The second-order valence-corrected chi connectivity index (χ2v) is 5.76. The zero-order chi connectivity index (χ0) is 13.7. The van der Waals surface area contributed by atoms with E-state index in [-0.39, 0.29) is 0 Å². The van der Waals surface area contributed by atoms with Crippen LogP contribution in [0.3, 0.4) is 0 Å². The molecule has 2 atom stereocenters. The second-order valence-electron chi connectivity index (χ2n) is 5.76. The van der Waals surface area contributed by atoms with Crippen LogP contribution in [0.2, 0.25) is 0 Å². The van der Waals surface area contributed by atoms with E-state index in [1.54, 1.807) is 7.11 Å². The Morgan fingerprint density at radius 3 is 2.84 bits per heavy atom. The first-order valence-electron chi connectivity index (χ1n) is 7.35. The summed E-state index contributed by atoms with van der Waals surface area (Å²) >= 11 is 0. The molecular weight excluding hydrogens is 236 g/mol. The summed E-state index contributed by atoms with van der Waals surface area (Å²) < 4.78 is 5.17. The topological polar surface area (TPSA) is 47.3 Å². The Kier molecular flexibility index (Phi) is 5.08. The van der Waals surface area contributed by atoms with Crippen molar-refractivity contribution in [2.24, 2.45) is 5.92 Å². The van der Waals surface area contributed by atoms with E-state index in [9.17, 15) is 0 Å². The average molecular weight is 262 g/mol. The van der Waals surface area contributed by atoms with Gasteiger partial charge < -0.3 is 15.8 Å². The highest BCUT2D eigenvalue weighted by atomic mass is 16.5. The Labute approximate surface area is 116 Å². The molecule has 0 aromatic heterocycles. The molecule has 1 fully saturated rings. The summed E-state index contributed by atoms with van der Waals surface area (Å²) in [5, 5.41) is 3.66. The molecule has 0 aliphatic heterocycles. The van der Waals surface area contributed by atoms with Gasteiger partial charge in [0.15, 0.2) is 0 Å². The summed E-state index contributed by atoms with van der Waals surface area (Å²) in [6.45, 7) is 3.22. The van der Waals surface area contributed by atoms with Crippen molar-refractivity contribution in [2.45, 2.75) is 51.6 Å². The molecule has 106 valence electrons. The Morgan fingerprint density at radius 1 is 1.26 bits per heavy atom. The summed E-state index contributed by atoms with van der Waals surface area (Å²) in [5.41, 5.74) is 8.02. The van der Waals surface area contributed by atoms with Gasteiger partial charge in [0.2, 0.25) is 0 Å². The number of nitrogens with two attached hydrogens (primary N) is 1. The van der Waals surface area contributed by atoms with E-state index in [1.807, 2.05) is 12.1 Å². The van der Waals surface area contributed by atoms with E-state index < -0.39 is 0 Å². The third-order valence-electron chi connectivity index (χ3n) is 4.19. The van der Waals surface area contributed by atoms with Crippen LogP contribution in [0.15, 0.2) is 18.2 Å². The van der Waals surface area contributed by atoms with Crippen LogP contribution in [0.5, 0.6) is 5.75 Å². The SMILES string of the molecule is COc1ccc(CNC2CCCC(C)CC2)c(N)c1. The quantitative estimate of drug-likeness (QED) is 0.646. The standard InChI is InChI=1S/C16H26N2O/c1-12-4-3-5-14(8-6-12)18-11-13-7-9-15(19-2)10-16(13)17/h7,9-10,12,14,18H,3-6,8,11,17H2,1-2H3. The number of anilines is 1. The highest BCUT2D eigenvalue weighted by Gasteiger charge is 2.15. The number of rotatable bonds is 4. The summed E-state index contributed by atoms with van der Waals surface area (Å²) in [6.07, 6.45) is 6.65. The number of benzene rings is 1. The zero-order valence-corrected chi connectivity index (χ0v) is 12.1. The van der Waals surface area contributed by atoms with E-state index in [0.717, 1.165) is 29.5 Å². The molecule has 0 amide bonds. The highest BCUT2D eigenvalue weighted by molar-refractivity contribution is 5.51. The number of nitrogen functional groups attached to an aromatic ring is 1. The lowest BCUT2D eigenvalue weighted by molar-refractivity contribution is 0.414. The molecule has 3 heteroatoms. The van der Waals surface area contributed by atoms with Gasteiger partial charge in [-0.1, -0.05) is 25.8 Å².